The summed E-state index contributed by atoms with van der Waals surface area (Å²) in [6.45, 7) is 3.03. The average molecular weight is 259 g/mol. The first-order chi connectivity index (χ1) is 9.31. The Balaban J connectivity index is 1.90. The number of rotatable bonds is 4. The van der Waals surface area contributed by atoms with Crippen molar-refractivity contribution in [3.05, 3.63) is 29.6 Å². The zero-order chi connectivity index (χ0) is 13.2. The molecule has 3 rings (SSSR count). The molecule has 1 aliphatic heterocycles. The van der Waals surface area contributed by atoms with E-state index in [1.165, 1.54) is 11.3 Å². The van der Waals surface area contributed by atoms with Crippen LogP contribution in [-0.2, 0) is 11.2 Å². The van der Waals surface area contributed by atoms with E-state index < -0.39 is 0 Å². The third-order valence-corrected chi connectivity index (χ3v) is 3.45. The highest BCUT2D eigenvalue weighted by Crippen LogP contribution is 2.28. The van der Waals surface area contributed by atoms with Crippen LogP contribution in [0.3, 0.4) is 0 Å². The summed E-state index contributed by atoms with van der Waals surface area (Å²) in [6, 6.07) is 6.18. The zero-order valence-corrected chi connectivity index (χ0v) is 11.1. The lowest BCUT2D eigenvalue weighted by atomic mass is 10.1. The molecular formula is C14H17N3O2. The van der Waals surface area contributed by atoms with Gasteiger partial charge in [-0.1, -0.05) is 12.1 Å². The van der Waals surface area contributed by atoms with Crippen molar-refractivity contribution in [1.82, 2.24) is 10.1 Å². The van der Waals surface area contributed by atoms with Crippen molar-refractivity contribution in [3.63, 3.8) is 0 Å². The molecule has 0 bridgehead atoms. The molecule has 5 nitrogen and oxygen atoms in total. The summed E-state index contributed by atoms with van der Waals surface area (Å²) >= 11 is 0. The molecule has 1 aromatic heterocycles. The van der Waals surface area contributed by atoms with E-state index in [4.69, 9.17) is 9.26 Å². The molecule has 0 radical (unpaired) electrons. The molecule has 0 saturated heterocycles. The lowest BCUT2D eigenvalue weighted by molar-refractivity contribution is 0.0903. The fourth-order valence-corrected chi connectivity index (χ4v) is 2.38. The van der Waals surface area contributed by atoms with Gasteiger partial charge in [0.25, 0.3) is 5.89 Å². The van der Waals surface area contributed by atoms with Crippen LogP contribution < -0.4 is 5.32 Å². The van der Waals surface area contributed by atoms with Gasteiger partial charge in [-0.25, -0.2) is 0 Å². The monoisotopic (exact) mass is 259 g/mol. The minimum Gasteiger partial charge on any atom is -0.384 e. The highest BCUT2D eigenvalue weighted by atomic mass is 16.5. The van der Waals surface area contributed by atoms with E-state index in [9.17, 15) is 0 Å². The quantitative estimate of drug-likeness (QED) is 0.914. The number of nitrogens with zero attached hydrogens (tertiary/aromatic N) is 2. The van der Waals surface area contributed by atoms with Gasteiger partial charge in [-0.3, -0.25) is 0 Å². The van der Waals surface area contributed by atoms with E-state index in [0.717, 1.165) is 24.9 Å². The van der Waals surface area contributed by atoms with Gasteiger partial charge < -0.3 is 14.6 Å². The predicted molar refractivity (Wildman–Crippen MR) is 72.0 cm³/mol. The van der Waals surface area contributed by atoms with E-state index in [2.05, 4.69) is 27.6 Å². The Bertz CT molecular complexity index is 576. The zero-order valence-electron chi connectivity index (χ0n) is 11.1. The molecule has 0 saturated carbocycles. The number of anilines is 1. The van der Waals surface area contributed by atoms with Crippen LogP contribution in [0.1, 0.15) is 30.8 Å². The van der Waals surface area contributed by atoms with Gasteiger partial charge in [0.05, 0.1) is 0 Å². The van der Waals surface area contributed by atoms with Gasteiger partial charge in [-0.2, -0.15) is 4.98 Å². The Kier molecular flexibility index (Phi) is 3.21. The van der Waals surface area contributed by atoms with Crippen LogP contribution in [0.5, 0.6) is 0 Å². The Morgan fingerprint density at radius 3 is 3.16 bits per heavy atom. The van der Waals surface area contributed by atoms with Gasteiger partial charge in [0, 0.05) is 24.9 Å². The molecule has 0 fully saturated rings. The van der Waals surface area contributed by atoms with Gasteiger partial charge >= 0.3 is 0 Å². The molecule has 1 N–H and O–H groups in total. The smallest absolute Gasteiger partial charge is 0.258 e. The van der Waals surface area contributed by atoms with E-state index >= 15 is 0 Å². The molecule has 0 amide bonds. The Hall–Kier alpha value is -1.88. The average Bonchev–Trinajstić information content (AvgIpc) is 3.08. The standard InChI is InChI=1S/C14H17N3O2/c1-3-12(18-2)13-16-14(19-17-13)10-4-5-11-9(8-10)6-7-15-11/h4-5,8,12,15H,3,6-7H2,1-2H3. The van der Waals surface area contributed by atoms with E-state index in [0.29, 0.717) is 11.7 Å². The third kappa shape index (κ3) is 2.21. The van der Waals surface area contributed by atoms with Crippen molar-refractivity contribution in [2.45, 2.75) is 25.9 Å². The minimum absolute atomic E-state index is 0.103. The fraction of sp³-hybridized carbons (Fsp3) is 0.429. The normalized spacial score (nSPS) is 15.1. The maximum atomic E-state index is 5.33. The van der Waals surface area contributed by atoms with E-state index in [1.807, 2.05) is 13.0 Å². The van der Waals surface area contributed by atoms with Gasteiger partial charge in [0.15, 0.2) is 0 Å². The SMILES string of the molecule is CCC(OC)c1noc(-c2ccc3c(c2)CCN3)n1. The number of ether oxygens (including phenoxy) is 1. The molecule has 0 spiro atoms. The van der Waals surface area contributed by atoms with Crippen LogP contribution in [0.4, 0.5) is 5.69 Å². The number of hydrogen-bond acceptors (Lipinski definition) is 5. The van der Waals surface area contributed by atoms with Crippen LogP contribution in [0.2, 0.25) is 0 Å². The Morgan fingerprint density at radius 1 is 1.47 bits per heavy atom. The van der Waals surface area contributed by atoms with Crippen molar-refractivity contribution in [2.75, 3.05) is 19.0 Å². The Morgan fingerprint density at radius 2 is 2.37 bits per heavy atom. The molecule has 1 aromatic carbocycles. The molecular weight excluding hydrogens is 242 g/mol. The second kappa shape index (κ2) is 5.01. The number of fused-ring (bicyclic) bond motifs is 1. The summed E-state index contributed by atoms with van der Waals surface area (Å²) < 4.78 is 10.6. The molecule has 5 heteroatoms. The van der Waals surface area contributed by atoms with Crippen molar-refractivity contribution in [1.29, 1.82) is 0 Å². The van der Waals surface area contributed by atoms with Crippen molar-refractivity contribution < 1.29 is 9.26 Å². The first-order valence-electron chi connectivity index (χ1n) is 6.55. The third-order valence-electron chi connectivity index (χ3n) is 3.45. The number of nitrogens with one attached hydrogen (secondary N) is 1. The van der Waals surface area contributed by atoms with Crippen LogP contribution in [0.15, 0.2) is 22.7 Å². The van der Waals surface area contributed by atoms with Crippen molar-refractivity contribution >= 4 is 5.69 Å². The van der Waals surface area contributed by atoms with Gasteiger partial charge in [0.2, 0.25) is 5.82 Å². The second-order valence-electron chi connectivity index (χ2n) is 4.64. The summed E-state index contributed by atoms with van der Waals surface area (Å²) in [5, 5.41) is 7.34. The van der Waals surface area contributed by atoms with Gasteiger partial charge in [-0.15, -0.1) is 0 Å². The number of aromatic nitrogens is 2. The van der Waals surface area contributed by atoms with E-state index in [1.54, 1.807) is 7.11 Å². The molecule has 2 heterocycles. The van der Waals surface area contributed by atoms with Crippen LogP contribution in [0.25, 0.3) is 11.5 Å². The highest BCUT2D eigenvalue weighted by molar-refractivity contribution is 5.64. The lowest BCUT2D eigenvalue weighted by Crippen LogP contribution is -2.01. The number of hydrogen-bond donors (Lipinski definition) is 1. The van der Waals surface area contributed by atoms with Crippen molar-refractivity contribution in [2.24, 2.45) is 0 Å². The van der Waals surface area contributed by atoms with Gasteiger partial charge in [0.1, 0.15) is 6.10 Å². The summed E-state index contributed by atoms with van der Waals surface area (Å²) in [4.78, 5) is 4.42. The maximum Gasteiger partial charge on any atom is 0.258 e. The van der Waals surface area contributed by atoms with Crippen LogP contribution in [0, 0.1) is 0 Å². The second-order valence-corrected chi connectivity index (χ2v) is 4.64. The summed E-state index contributed by atoms with van der Waals surface area (Å²) in [7, 11) is 1.66. The van der Waals surface area contributed by atoms with Crippen LogP contribution in [-0.4, -0.2) is 23.8 Å². The van der Waals surface area contributed by atoms with Crippen LogP contribution >= 0.6 is 0 Å². The molecule has 1 unspecified atom stereocenters. The molecule has 1 aliphatic rings. The van der Waals surface area contributed by atoms with E-state index in [-0.39, 0.29) is 6.10 Å². The molecule has 1 atom stereocenters. The highest BCUT2D eigenvalue weighted by Gasteiger charge is 2.18. The number of methoxy groups -OCH3 is 1. The molecule has 19 heavy (non-hydrogen) atoms. The first-order valence-corrected chi connectivity index (χ1v) is 6.55. The maximum absolute atomic E-state index is 5.33. The first kappa shape index (κ1) is 12.2. The summed E-state index contributed by atoms with van der Waals surface area (Å²) in [5.41, 5.74) is 3.47. The topological polar surface area (TPSA) is 60.2 Å². The lowest BCUT2D eigenvalue weighted by Gasteiger charge is -2.06. The largest absolute Gasteiger partial charge is 0.384 e. The molecule has 100 valence electrons. The summed E-state index contributed by atoms with van der Waals surface area (Å²) in [6.07, 6.45) is 1.76. The molecule has 2 aromatic rings. The fourth-order valence-electron chi connectivity index (χ4n) is 2.38. The molecule has 0 aliphatic carbocycles. The summed E-state index contributed by atoms with van der Waals surface area (Å²) in [5.74, 6) is 1.17. The minimum atomic E-state index is -0.103. The van der Waals surface area contributed by atoms with Gasteiger partial charge in [-0.05, 0) is 36.6 Å². The number of benzene rings is 1. The predicted octanol–water partition coefficient (Wildman–Crippen LogP) is 2.80. The van der Waals surface area contributed by atoms with Crippen molar-refractivity contribution in [3.8, 4) is 11.5 Å². The Labute approximate surface area is 112 Å².